The molecule has 28 heavy (non-hydrogen) atoms. The summed E-state index contributed by atoms with van der Waals surface area (Å²) in [4.78, 5) is 0. The molecule has 0 unspecified atom stereocenters. The highest BCUT2D eigenvalue weighted by atomic mass is 16.6. The highest BCUT2D eigenvalue weighted by molar-refractivity contribution is 5.03. The van der Waals surface area contributed by atoms with Crippen molar-refractivity contribution in [2.24, 2.45) is 0 Å². The van der Waals surface area contributed by atoms with Crippen LogP contribution < -0.4 is 4.57 Å². The van der Waals surface area contributed by atoms with Crippen molar-refractivity contribution < 1.29 is 37.7 Å². The van der Waals surface area contributed by atoms with E-state index in [2.05, 4.69) is 10.8 Å². The van der Waals surface area contributed by atoms with E-state index in [0.717, 1.165) is 12.1 Å². The lowest BCUT2D eigenvalue weighted by Gasteiger charge is -2.07. The van der Waals surface area contributed by atoms with Crippen molar-refractivity contribution in [3.05, 3.63) is 30.1 Å². The molecular weight excluding hydrogens is 366 g/mol. The summed E-state index contributed by atoms with van der Waals surface area (Å²) in [5.41, 5.74) is 1.12. The number of rotatable bonds is 20. The van der Waals surface area contributed by atoms with E-state index in [4.69, 9.17) is 33.2 Å². The summed E-state index contributed by atoms with van der Waals surface area (Å²) in [6, 6.07) is 4.06. The third-order valence-electron chi connectivity index (χ3n) is 3.66. The standard InChI is InChI=1S/C20H36NO7/c1-22-8-10-25-13-12-24-7-6-21-5-3-4-20(18-21)19-28-17-16-27-15-14-26-11-9-23-2/h3-5,18H,6-17,19H2,1-2H3/q+1. The Hall–Kier alpha value is -1.13. The maximum atomic E-state index is 5.65. The molecule has 0 radical (unpaired) electrons. The second-order valence-corrected chi connectivity index (χ2v) is 5.94. The third kappa shape index (κ3) is 14.9. The van der Waals surface area contributed by atoms with Crippen molar-refractivity contribution in [3.8, 4) is 0 Å². The van der Waals surface area contributed by atoms with Crippen LogP contribution in [0.5, 0.6) is 0 Å². The molecule has 0 atom stereocenters. The van der Waals surface area contributed by atoms with Crippen molar-refractivity contribution in [1.82, 2.24) is 0 Å². The molecule has 0 spiro atoms. The van der Waals surface area contributed by atoms with Gasteiger partial charge in [-0.3, -0.25) is 0 Å². The predicted octanol–water partition coefficient (Wildman–Crippen LogP) is 0.850. The van der Waals surface area contributed by atoms with E-state index >= 15 is 0 Å². The van der Waals surface area contributed by atoms with E-state index in [1.165, 1.54) is 0 Å². The van der Waals surface area contributed by atoms with E-state index in [1.54, 1.807) is 14.2 Å². The van der Waals surface area contributed by atoms with Crippen LogP contribution in [0.3, 0.4) is 0 Å². The molecule has 0 aromatic carbocycles. The number of hydrogen-bond donors (Lipinski definition) is 0. The molecule has 0 bridgehead atoms. The Kier molecular flexibility index (Phi) is 17.1. The Morgan fingerprint density at radius 3 is 1.71 bits per heavy atom. The summed E-state index contributed by atoms with van der Waals surface area (Å²) in [6.07, 6.45) is 4.09. The molecule has 0 fully saturated rings. The van der Waals surface area contributed by atoms with Gasteiger partial charge in [0, 0.05) is 25.8 Å². The minimum atomic E-state index is 0.555. The fourth-order valence-corrected chi connectivity index (χ4v) is 2.21. The summed E-state index contributed by atoms with van der Waals surface area (Å²) >= 11 is 0. The molecule has 0 aliphatic heterocycles. The van der Waals surface area contributed by atoms with Crippen LogP contribution in [0.15, 0.2) is 24.5 Å². The van der Waals surface area contributed by atoms with Gasteiger partial charge in [-0.05, 0) is 6.07 Å². The smallest absolute Gasteiger partial charge is 0.174 e. The number of aromatic nitrogens is 1. The summed E-state index contributed by atoms with van der Waals surface area (Å²) in [5, 5.41) is 0. The fraction of sp³-hybridized carbons (Fsp3) is 0.750. The van der Waals surface area contributed by atoms with Gasteiger partial charge in [0.15, 0.2) is 18.9 Å². The predicted molar refractivity (Wildman–Crippen MR) is 103 cm³/mol. The van der Waals surface area contributed by atoms with E-state index in [9.17, 15) is 0 Å². The maximum Gasteiger partial charge on any atom is 0.174 e. The number of nitrogens with zero attached hydrogens (tertiary/aromatic N) is 1. The van der Waals surface area contributed by atoms with Crippen molar-refractivity contribution in [1.29, 1.82) is 0 Å². The zero-order valence-corrected chi connectivity index (χ0v) is 17.3. The molecule has 0 aliphatic carbocycles. The monoisotopic (exact) mass is 402 g/mol. The fourth-order valence-electron chi connectivity index (χ4n) is 2.21. The number of ether oxygens (including phenoxy) is 7. The Balaban J connectivity index is 1.99. The quantitative estimate of drug-likeness (QED) is 0.237. The molecule has 0 saturated carbocycles. The number of pyridine rings is 1. The summed E-state index contributed by atoms with van der Waals surface area (Å²) < 4.78 is 39.3. The molecule has 162 valence electrons. The minimum absolute atomic E-state index is 0.555. The van der Waals surface area contributed by atoms with Crippen LogP contribution in [0, 0.1) is 0 Å². The van der Waals surface area contributed by atoms with Gasteiger partial charge in [-0.1, -0.05) is 0 Å². The first-order valence-corrected chi connectivity index (χ1v) is 9.71. The number of hydrogen-bond acceptors (Lipinski definition) is 7. The molecule has 8 nitrogen and oxygen atoms in total. The highest BCUT2D eigenvalue weighted by Gasteiger charge is 2.03. The second-order valence-electron chi connectivity index (χ2n) is 5.94. The molecule has 0 saturated heterocycles. The second kappa shape index (κ2) is 19.2. The normalized spacial score (nSPS) is 11.2. The topological polar surface area (TPSA) is 68.5 Å². The minimum Gasteiger partial charge on any atom is -0.382 e. The Bertz CT molecular complexity index is 462. The molecule has 8 heteroatoms. The van der Waals surface area contributed by atoms with Crippen molar-refractivity contribution in [3.63, 3.8) is 0 Å². The van der Waals surface area contributed by atoms with E-state index in [0.29, 0.717) is 79.3 Å². The Morgan fingerprint density at radius 1 is 0.643 bits per heavy atom. The molecule has 1 heterocycles. The van der Waals surface area contributed by atoms with E-state index in [-0.39, 0.29) is 0 Å². The van der Waals surface area contributed by atoms with Crippen molar-refractivity contribution in [2.45, 2.75) is 13.2 Å². The highest BCUT2D eigenvalue weighted by Crippen LogP contribution is 1.97. The van der Waals surface area contributed by atoms with Gasteiger partial charge >= 0.3 is 0 Å². The lowest BCUT2D eigenvalue weighted by atomic mass is 10.3. The number of methoxy groups -OCH3 is 2. The lowest BCUT2D eigenvalue weighted by Crippen LogP contribution is -2.36. The van der Waals surface area contributed by atoms with E-state index in [1.807, 2.05) is 18.3 Å². The largest absolute Gasteiger partial charge is 0.382 e. The van der Waals surface area contributed by atoms with Crippen molar-refractivity contribution in [2.75, 3.05) is 86.9 Å². The summed E-state index contributed by atoms with van der Waals surface area (Å²) in [5.74, 6) is 0. The molecule has 1 rings (SSSR count). The first-order chi connectivity index (χ1) is 13.9. The van der Waals surface area contributed by atoms with Gasteiger partial charge in [0.2, 0.25) is 0 Å². The van der Waals surface area contributed by atoms with Crippen LogP contribution in [-0.4, -0.2) is 86.9 Å². The zero-order valence-electron chi connectivity index (χ0n) is 17.3. The molecular formula is C20H36NO7+. The average molecular weight is 403 g/mol. The van der Waals surface area contributed by atoms with Gasteiger partial charge in [0.1, 0.15) is 6.61 Å². The van der Waals surface area contributed by atoms with Crippen LogP contribution in [0.4, 0.5) is 0 Å². The first-order valence-electron chi connectivity index (χ1n) is 9.71. The summed E-state index contributed by atoms with van der Waals surface area (Å²) in [7, 11) is 3.31. The van der Waals surface area contributed by atoms with Gasteiger partial charge < -0.3 is 33.2 Å². The van der Waals surface area contributed by atoms with Crippen LogP contribution in [-0.2, 0) is 46.3 Å². The van der Waals surface area contributed by atoms with Crippen LogP contribution >= 0.6 is 0 Å². The summed E-state index contributed by atoms with van der Waals surface area (Å²) in [6.45, 7) is 7.83. The SMILES string of the molecule is COCCOCCOCCOCc1ccc[n+](CCOCCOCCOC)c1. The van der Waals surface area contributed by atoms with Gasteiger partial charge in [-0.15, -0.1) is 0 Å². The van der Waals surface area contributed by atoms with Crippen LogP contribution in [0.1, 0.15) is 5.56 Å². The van der Waals surface area contributed by atoms with Crippen LogP contribution in [0.2, 0.25) is 0 Å². The third-order valence-corrected chi connectivity index (χ3v) is 3.66. The maximum absolute atomic E-state index is 5.65. The Labute approximate surface area is 168 Å². The molecule has 0 N–H and O–H groups in total. The molecule has 1 aromatic rings. The molecule has 0 aliphatic rings. The van der Waals surface area contributed by atoms with Crippen molar-refractivity contribution >= 4 is 0 Å². The molecule has 0 amide bonds. The Morgan fingerprint density at radius 2 is 1.14 bits per heavy atom. The van der Waals surface area contributed by atoms with Gasteiger partial charge in [0.05, 0.1) is 72.7 Å². The van der Waals surface area contributed by atoms with E-state index < -0.39 is 0 Å². The van der Waals surface area contributed by atoms with Crippen LogP contribution in [0.25, 0.3) is 0 Å². The average Bonchev–Trinajstić information content (AvgIpc) is 2.72. The lowest BCUT2D eigenvalue weighted by molar-refractivity contribution is -0.699. The zero-order chi connectivity index (χ0) is 20.1. The van der Waals surface area contributed by atoms with Gasteiger partial charge in [-0.25, -0.2) is 4.57 Å². The van der Waals surface area contributed by atoms with Gasteiger partial charge in [0.25, 0.3) is 0 Å². The van der Waals surface area contributed by atoms with Gasteiger partial charge in [-0.2, -0.15) is 0 Å². The molecule has 1 aromatic heterocycles. The first kappa shape index (κ1) is 24.9.